The van der Waals surface area contributed by atoms with Gasteiger partial charge < -0.3 is 20.1 Å². The van der Waals surface area contributed by atoms with Crippen LogP contribution in [-0.4, -0.2) is 115 Å². The number of fused-ring (bicyclic) bond motifs is 4. The molecule has 3 saturated heterocycles. The lowest BCUT2D eigenvalue weighted by Gasteiger charge is -2.44. The van der Waals surface area contributed by atoms with Crippen LogP contribution >= 0.6 is 0 Å². The highest BCUT2D eigenvalue weighted by atomic mass is 19.3. The van der Waals surface area contributed by atoms with Gasteiger partial charge in [-0.3, -0.25) is 29.2 Å². The van der Waals surface area contributed by atoms with E-state index in [4.69, 9.17) is 4.74 Å². The van der Waals surface area contributed by atoms with Crippen molar-refractivity contribution in [3.8, 4) is 22.8 Å². The van der Waals surface area contributed by atoms with Crippen LogP contribution in [0.15, 0.2) is 54.7 Å². The molecule has 3 atom stereocenters. The lowest BCUT2D eigenvalue weighted by molar-refractivity contribution is -0.172. The first kappa shape index (κ1) is 37.7. The number of para-hydroxylation sites is 1. The average Bonchev–Trinajstić information content (AvgIpc) is 3.75. The number of aromatic nitrogens is 3. The van der Waals surface area contributed by atoms with Gasteiger partial charge in [0.2, 0.25) is 11.8 Å². The van der Waals surface area contributed by atoms with Gasteiger partial charge in [-0.2, -0.15) is 5.01 Å². The van der Waals surface area contributed by atoms with Gasteiger partial charge in [-0.05, 0) is 37.6 Å². The van der Waals surface area contributed by atoms with Crippen LogP contribution < -0.4 is 15.0 Å². The summed E-state index contributed by atoms with van der Waals surface area (Å²) in [5, 5.41) is 23.8. The van der Waals surface area contributed by atoms with Crippen molar-refractivity contribution in [1.82, 2.24) is 35.0 Å². The fourth-order valence-electron chi connectivity index (χ4n) is 8.85. The van der Waals surface area contributed by atoms with Gasteiger partial charge in [-0.15, -0.1) is 10.2 Å². The number of nitrogens with zero attached hydrogens (tertiary/aromatic N) is 8. The third kappa shape index (κ3) is 6.16. The predicted octanol–water partition coefficient (Wildman–Crippen LogP) is 4.64. The Morgan fingerprint density at radius 1 is 0.983 bits per heavy atom. The van der Waals surface area contributed by atoms with Crippen molar-refractivity contribution in [3.63, 3.8) is 0 Å². The monoisotopic (exact) mass is 801 g/mol. The van der Waals surface area contributed by atoms with Crippen molar-refractivity contribution >= 4 is 29.2 Å². The summed E-state index contributed by atoms with van der Waals surface area (Å²) >= 11 is 0. The molecule has 14 nitrogen and oxygen atoms in total. The van der Waals surface area contributed by atoms with Crippen LogP contribution in [-0.2, 0) is 16.1 Å². The first-order valence-corrected chi connectivity index (χ1v) is 19.2. The Hall–Kier alpha value is -5.88. The Labute approximate surface area is 330 Å². The Bertz CT molecular complexity index is 2310. The Morgan fingerprint density at radius 2 is 1.72 bits per heavy atom. The second-order valence-electron chi connectivity index (χ2n) is 15.3. The third-order valence-electron chi connectivity index (χ3n) is 11.9. The first-order valence-electron chi connectivity index (χ1n) is 19.2. The van der Waals surface area contributed by atoms with Crippen LogP contribution in [0.1, 0.15) is 59.0 Å². The van der Waals surface area contributed by atoms with Crippen molar-refractivity contribution in [2.75, 3.05) is 49.5 Å². The van der Waals surface area contributed by atoms with E-state index in [0.717, 1.165) is 11.1 Å². The highest BCUT2D eigenvalue weighted by molar-refractivity contribution is 6.05. The summed E-state index contributed by atoms with van der Waals surface area (Å²) in [6, 6.07) is 12.5. The summed E-state index contributed by atoms with van der Waals surface area (Å²) in [7, 11) is 0. The van der Waals surface area contributed by atoms with Crippen LogP contribution in [0.4, 0.5) is 29.1 Å². The molecule has 3 fully saturated rings. The number of anilines is 2. The molecule has 0 bridgehead atoms. The molecule has 5 aliphatic heterocycles. The van der Waals surface area contributed by atoms with E-state index in [9.17, 15) is 32.7 Å². The molecule has 7 heterocycles. The number of benzene rings is 2. The number of aromatic hydroxyl groups is 1. The Balaban J connectivity index is 0.888. The largest absolute Gasteiger partial charge is 0.504 e. The zero-order chi connectivity index (χ0) is 40.5. The minimum absolute atomic E-state index is 0.000942. The molecule has 2 aromatic carbocycles. The molecular formula is C40H39F4N9O5. The molecule has 2 aromatic heterocycles. The molecular weight excluding hydrogens is 762 g/mol. The van der Waals surface area contributed by atoms with E-state index >= 15 is 4.39 Å². The molecule has 0 saturated carbocycles. The highest BCUT2D eigenvalue weighted by Crippen LogP contribution is 2.47. The number of halogens is 4. The molecule has 58 heavy (non-hydrogen) atoms. The number of phenols is 1. The maximum atomic E-state index is 16.0. The van der Waals surface area contributed by atoms with Crippen LogP contribution in [0.25, 0.3) is 11.3 Å². The first-order chi connectivity index (χ1) is 27.9. The summed E-state index contributed by atoms with van der Waals surface area (Å²) in [6.45, 7) is 3.44. The molecule has 1 unspecified atom stereocenters. The predicted molar refractivity (Wildman–Crippen MR) is 200 cm³/mol. The molecule has 0 radical (unpaired) electrons. The second kappa shape index (κ2) is 14.5. The molecule has 3 amide bonds. The number of ether oxygens (including phenoxy) is 1. The topological polar surface area (TPSA) is 148 Å². The number of phenolic OH excluding ortho intramolecular Hbond substituents is 1. The number of carbonyl (C=O) groups excluding carboxylic acids is 3. The van der Waals surface area contributed by atoms with Crippen molar-refractivity contribution in [2.45, 2.75) is 63.4 Å². The Kier molecular flexibility index (Phi) is 9.42. The number of hydrogen-bond acceptors (Lipinski definition) is 12. The summed E-state index contributed by atoms with van der Waals surface area (Å²) in [5.74, 6) is -2.92. The van der Waals surface area contributed by atoms with Gasteiger partial charge in [-0.25, -0.2) is 22.6 Å². The quantitative estimate of drug-likeness (QED) is 0.189. The van der Waals surface area contributed by atoms with Gasteiger partial charge >= 0.3 is 0 Å². The zero-order valence-corrected chi connectivity index (χ0v) is 31.4. The van der Waals surface area contributed by atoms with Gasteiger partial charge in [0, 0.05) is 80.8 Å². The molecule has 9 rings (SSSR count). The van der Waals surface area contributed by atoms with Crippen LogP contribution in [0.5, 0.6) is 11.5 Å². The molecule has 0 aliphatic carbocycles. The molecule has 4 aromatic rings. The van der Waals surface area contributed by atoms with Crippen LogP contribution in [0, 0.1) is 18.6 Å². The lowest BCUT2D eigenvalue weighted by Crippen LogP contribution is -2.58. The van der Waals surface area contributed by atoms with Crippen molar-refractivity contribution < 1.29 is 41.8 Å². The number of amides is 3. The van der Waals surface area contributed by atoms with Gasteiger partial charge in [0.25, 0.3) is 12.3 Å². The number of nitrogens with one attached hydrogen (secondary N) is 1. The number of hydrazine groups is 1. The standard InChI is InChI=1S/C40H39F4N9O5/c1-22-31(58-23-17-40(39(43)44)21-46-36-30(51(40)19-23)16-28(47-48-36)26-8-4-9-27(41)35(26)56)18-45-29(34(22)42)20-49-12-14-50(15-13-49)37-24-6-2-3-7-25(24)38(57)53(37)52-32(54)10-5-11-33(52)55/h2-4,6-9,16,18,23,37,39,56H,5,10-15,17,19-21H2,1H3,(H,46,48)/t23-,37?,40-/m1/s1. The van der Waals surface area contributed by atoms with Crippen molar-refractivity contribution in [3.05, 3.63) is 88.7 Å². The maximum Gasteiger partial charge on any atom is 0.275 e. The van der Waals surface area contributed by atoms with E-state index in [1.165, 1.54) is 34.3 Å². The van der Waals surface area contributed by atoms with Gasteiger partial charge in [0.1, 0.15) is 23.6 Å². The van der Waals surface area contributed by atoms with E-state index in [-0.39, 0.29) is 78.7 Å². The lowest BCUT2D eigenvalue weighted by atomic mass is 9.93. The summed E-state index contributed by atoms with van der Waals surface area (Å²) in [4.78, 5) is 49.5. The summed E-state index contributed by atoms with van der Waals surface area (Å²) < 4.78 is 66.3. The van der Waals surface area contributed by atoms with E-state index in [1.807, 2.05) is 17.0 Å². The van der Waals surface area contributed by atoms with Crippen molar-refractivity contribution in [1.29, 1.82) is 0 Å². The third-order valence-corrected chi connectivity index (χ3v) is 11.9. The highest BCUT2D eigenvalue weighted by Gasteiger charge is 2.56. The molecule has 2 N–H and O–H groups in total. The number of piperazine rings is 1. The van der Waals surface area contributed by atoms with E-state index in [0.29, 0.717) is 43.7 Å². The van der Waals surface area contributed by atoms with Gasteiger partial charge in [0.15, 0.2) is 23.2 Å². The number of carbonyl (C=O) groups is 3. The summed E-state index contributed by atoms with van der Waals surface area (Å²) in [6.07, 6.45) is -2.16. The number of hydrogen-bond donors (Lipinski definition) is 2. The second-order valence-corrected chi connectivity index (χ2v) is 15.3. The Morgan fingerprint density at radius 3 is 2.48 bits per heavy atom. The summed E-state index contributed by atoms with van der Waals surface area (Å²) in [5.41, 5.74) is 0.255. The minimum atomic E-state index is -2.82. The zero-order valence-electron chi connectivity index (χ0n) is 31.4. The van der Waals surface area contributed by atoms with E-state index in [1.54, 1.807) is 19.1 Å². The van der Waals surface area contributed by atoms with Gasteiger partial charge in [0.05, 0.1) is 29.8 Å². The molecule has 18 heteroatoms. The number of rotatable bonds is 8. The van der Waals surface area contributed by atoms with Crippen LogP contribution in [0.2, 0.25) is 0 Å². The number of alkyl halides is 2. The minimum Gasteiger partial charge on any atom is -0.504 e. The molecule has 5 aliphatic rings. The average molecular weight is 802 g/mol. The van der Waals surface area contributed by atoms with Crippen LogP contribution in [0.3, 0.4) is 0 Å². The smallest absolute Gasteiger partial charge is 0.275 e. The SMILES string of the molecule is Cc1c(O[C@H]2CN3c4cc(-c5cccc(F)c5O)nnc4NC[C@@]3(C(F)F)C2)cnc(CN2CCN(C3c4ccccc4C(=O)N3N3C(=O)CCCC3=O)CC2)c1F. The fraction of sp³-hybridized carbons (Fsp3) is 0.400. The molecule has 302 valence electrons. The van der Waals surface area contributed by atoms with E-state index < -0.39 is 59.3 Å². The van der Waals surface area contributed by atoms with Crippen molar-refractivity contribution in [2.24, 2.45) is 0 Å². The van der Waals surface area contributed by atoms with E-state index in [2.05, 4.69) is 25.4 Å². The number of piperidine rings is 1. The van der Waals surface area contributed by atoms with Gasteiger partial charge in [-0.1, -0.05) is 24.3 Å². The number of pyridine rings is 1. The number of imide groups is 1. The fourth-order valence-corrected chi connectivity index (χ4v) is 8.85. The maximum absolute atomic E-state index is 16.0. The normalized spacial score (nSPS) is 23.6. The molecule has 0 spiro atoms.